The van der Waals surface area contributed by atoms with Gasteiger partial charge in [-0.2, -0.15) is 0 Å². The number of hydrogen-bond acceptors (Lipinski definition) is 5. The van der Waals surface area contributed by atoms with Gasteiger partial charge in [-0.25, -0.2) is 0 Å². The van der Waals surface area contributed by atoms with Crippen molar-refractivity contribution < 1.29 is 13.9 Å². The van der Waals surface area contributed by atoms with Gasteiger partial charge in [0, 0.05) is 52.1 Å². The summed E-state index contributed by atoms with van der Waals surface area (Å²) in [5.41, 5.74) is 1.24. The van der Waals surface area contributed by atoms with Crippen molar-refractivity contribution >= 4 is 0 Å². The van der Waals surface area contributed by atoms with Crippen molar-refractivity contribution in [3.8, 4) is 0 Å². The molecule has 1 heterocycles. The molecule has 1 aliphatic carbocycles. The third kappa shape index (κ3) is 6.61. The highest BCUT2D eigenvalue weighted by Gasteiger charge is 2.20. The van der Waals surface area contributed by atoms with Gasteiger partial charge in [-0.3, -0.25) is 4.90 Å². The number of hydrogen-bond donors (Lipinski definition) is 1. The van der Waals surface area contributed by atoms with E-state index in [4.69, 9.17) is 13.9 Å². The lowest BCUT2D eigenvalue weighted by atomic mass is 10.3. The zero-order chi connectivity index (χ0) is 14.9. The van der Waals surface area contributed by atoms with Crippen LogP contribution in [-0.2, 0) is 22.6 Å². The molecule has 0 bridgehead atoms. The van der Waals surface area contributed by atoms with E-state index >= 15 is 0 Å². The lowest BCUT2D eigenvalue weighted by molar-refractivity contribution is 0.125. The number of nitrogens with one attached hydrogen (secondary N) is 1. The Kier molecular flexibility index (Phi) is 7.23. The maximum absolute atomic E-state index is 5.68. The molecule has 0 unspecified atom stereocenters. The molecule has 120 valence electrons. The Labute approximate surface area is 127 Å². The highest BCUT2D eigenvalue weighted by atomic mass is 16.5. The van der Waals surface area contributed by atoms with Crippen molar-refractivity contribution in [1.82, 2.24) is 10.2 Å². The van der Waals surface area contributed by atoms with Gasteiger partial charge in [0.15, 0.2) is 0 Å². The van der Waals surface area contributed by atoms with Crippen LogP contribution in [0.5, 0.6) is 0 Å². The number of rotatable bonds is 12. The summed E-state index contributed by atoms with van der Waals surface area (Å²) >= 11 is 0. The second kappa shape index (κ2) is 9.20. The molecule has 2 rings (SSSR count). The molecule has 1 fully saturated rings. The maximum atomic E-state index is 5.68. The van der Waals surface area contributed by atoms with Crippen LogP contribution in [0.15, 0.2) is 16.7 Å². The van der Waals surface area contributed by atoms with Gasteiger partial charge in [-0.1, -0.05) is 0 Å². The molecule has 1 aromatic rings. The Morgan fingerprint density at radius 2 is 2.05 bits per heavy atom. The van der Waals surface area contributed by atoms with Crippen molar-refractivity contribution in [2.24, 2.45) is 0 Å². The topological polar surface area (TPSA) is 46.9 Å². The molecule has 0 radical (unpaired) electrons. The van der Waals surface area contributed by atoms with Gasteiger partial charge in [-0.15, -0.1) is 0 Å². The van der Waals surface area contributed by atoms with Crippen LogP contribution < -0.4 is 5.32 Å². The number of methoxy groups -OCH3 is 2. The second-order valence-electron chi connectivity index (χ2n) is 5.69. The molecule has 5 heteroatoms. The molecule has 1 N–H and O–H groups in total. The molecule has 0 amide bonds. The van der Waals surface area contributed by atoms with E-state index in [0.29, 0.717) is 0 Å². The van der Waals surface area contributed by atoms with Crippen LogP contribution in [0.4, 0.5) is 0 Å². The van der Waals surface area contributed by atoms with Crippen molar-refractivity contribution in [1.29, 1.82) is 0 Å². The van der Waals surface area contributed by atoms with Crippen LogP contribution in [0, 0.1) is 0 Å². The van der Waals surface area contributed by atoms with E-state index in [-0.39, 0.29) is 0 Å². The van der Waals surface area contributed by atoms with E-state index in [2.05, 4.69) is 16.3 Å². The standard InChI is InChI=1S/C16H28N2O3/c1-19-8-3-6-18(7-9-20-2)12-16-10-14(13-21-16)11-17-15-4-5-15/h10,13,15,17H,3-9,11-12H2,1-2H3. The van der Waals surface area contributed by atoms with Gasteiger partial charge in [-0.05, 0) is 25.3 Å². The Morgan fingerprint density at radius 3 is 2.76 bits per heavy atom. The molecule has 0 aliphatic heterocycles. The highest BCUT2D eigenvalue weighted by Crippen LogP contribution is 2.20. The second-order valence-corrected chi connectivity index (χ2v) is 5.69. The third-order valence-corrected chi connectivity index (χ3v) is 3.69. The van der Waals surface area contributed by atoms with Crippen molar-refractivity contribution in [2.75, 3.05) is 40.5 Å². The lowest BCUT2D eigenvalue weighted by Gasteiger charge is -2.20. The molecule has 0 spiro atoms. The van der Waals surface area contributed by atoms with Gasteiger partial charge in [0.1, 0.15) is 5.76 Å². The summed E-state index contributed by atoms with van der Waals surface area (Å²) < 4.78 is 16.0. The van der Waals surface area contributed by atoms with E-state index in [1.54, 1.807) is 14.2 Å². The van der Waals surface area contributed by atoms with Gasteiger partial charge in [0.05, 0.1) is 19.4 Å². The Morgan fingerprint density at radius 1 is 1.24 bits per heavy atom. The van der Waals surface area contributed by atoms with Crippen LogP contribution in [0.1, 0.15) is 30.6 Å². The minimum Gasteiger partial charge on any atom is -0.468 e. The van der Waals surface area contributed by atoms with Crippen LogP contribution >= 0.6 is 0 Å². The van der Waals surface area contributed by atoms with E-state index in [9.17, 15) is 0 Å². The summed E-state index contributed by atoms with van der Waals surface area (Å²) in [5, 5.41) is 3.51. The van der Waals surface area contributed by atoms with E-state index in [0.717, 1.165) is 57.6 Å². The van der Waals surface area contributed by atoms with Gasteiger partial charge < -0.3 is 19.2 Å². The number of nitrogens with zero attached hydrogens (tertiary/aromatic N) is 1. The fraction of sp³-hybridized carbons (Fsp3) is 0.750. The molecule has 5 nitrogen and oxygen atoms in total. The molecule has 0 atom stereocenters. The zero-order valence-corrected chi connectivity index (χ0v) is 13.3. The van der Waals surface area contributed by atoms with Crippen LogP contribution in [-0.4, -0.2) is 51.5 Å². The van der Waals surface area contributed by atoms with Gasteiger partial charge >= 0.3 is 0 Å². The van der Waals surface area contributed by atoms with Crippen molar-refractivity contribution in [2.45, 2.75) is 38.4 Å². The summed E-state index contributed by atoms with van der Waals surface area (Å²) in [7, 11) is 3.48. The van der Waals surface area contributed by atoms with E-state index in [1.807, 2.05) is 6.26 Å². The van der Waals surface area contributed by atoms with Gasteiger partial charge in [0.2, 0.25) is 0 Å². The summed E-state index contributed by atoms with van der Waals surface area (Å²) in [6, 6.07) is 2.89. The lowest BCUT2D eigenvalue weighted by Crippen LogP contribution is -2.28. The SMILES string of the molecule is COCCCN(CCOC)Cc1cc(CNC2CC2)co1. The van der Waals surface area contributed by atoms with Crippen LogP contribution in [0.25, 0.3) is 0 Å². The zero-order valence-electron chi connectivity index (χ0n) is 13.3. The molecular weight excluding hydrogens is 268 g/mol. The predicted molar refractivity (Wildman–Crippen MR) is 82.2 cm³/mol. The fourth-order valence-electron chi connectivity index (χ4n) is 2.29. The van der Waals surface area contributed by atoms with Gasteiger partial charge in [0.25, 0.3) is 0 Å². The smallest absolute Gasteiger partial charge is 0.118 e. The molecule has 0 saturated heterocycles. The molecule has 0 aromatic carbocycles. The molecule has 1 saturated carbocycles. The quantitative estimate of drug-likeness (QED) is 0.598. The first kappa shape index (κ1) is 16.5. The van der Waals surface area contributed by atoms with Crippen molar-refractivity contribution in [3.63, 3.8) is 0 Å². The highest BCUT2D eigenvalue weighted by molar-refractivity contribution is 5.13. The average Bonchev–Trinajstić information content (AvgIpc) is 3.22. The Balaban J connectivity index is 1.76. The van der Waals surface area contributed by atoms with E-state index < -0.39 is 0 Å². The average molecular weight is 296 g/mol. The largest absolute Gasteiger partial charge is 0.468 e. The summed E-state index contributed by atoms with van der Waals surface area (Å²) in [6.45, 7) is 5.18. The Hall–Kier alpha value is -0.880. The minimum absolute atomic E-state index is 0.732. The maximum Gasteiger partial charge on any atom is 0.118 e. The van der Waals surface area contributed by atoms with Crippen LogP contribution in [0.2, 0.25) is 0 Å². The number of furan rings is 1. The van der Waals surface area contributed by atoms with Crippen LogP contribution in [0.3, 0.4) is 0 Å². The first-order chi connectivity index (χ1) is 10.3. The summed E-state index contributed by atoms with van der Waals surface area (Å²) in [4.78, 5) is 2.35. The monoisotopic (exact) mass is 296 g/mol. The molecule has 1 aromatic heterocycles. The van der Waals surface area contributed by atoms with E-state index in [1.165, 1.54) is 18.4 Å². The third-order valence-electron chi connectivity index (χ3n) is 3.69. The van der Waals surface area contributed by atoms with Crippen molar-refractivity contribution in [3.05, 3.63) is 23.7 Å². The molecule has 21 heavy (non-hydrogen) atoms. The minimum atomic E-state index is 0.732. The fourth-order valence-corrected chi connectivity index (χ4v) is 2.29. The molecular formula is C16H28N2O3. The summed E-state index contributed by atoms with van der Waals surface area (Å²) in [5.74, 6) is 1.02. The molecule has 1 aliphatic rings. The Bertz CT molecular complexity index is 391. The number of ether oxygens (including phenoxy) is 2. The summed E-state index contributed by atoms with van der Waals surface area (Å²) in [6.07, 6.45) is 5.52. The predicted octanol–water partition coefficient (Wildman–Crippen LogP) is 2.02. The first-order valence-electron chi connectivity index (χ1n) is 7.81. The normalized spacial score (nSPS) is 15.0. The first-order valence-corrected chi connectivity index (χ1v) is 7.81.